The number of unbranched alkanes of at least 4 members (excludes halogenated alkanes) is 1. The molecule has 0 aromatic heterocycles. The van der Waals surface area contributed by atoms with Crippen molar-refractivity contribution < 1.29 is 4.92 Å². The third-order valence-electron chi connectivity index (χ3n) is 2.47. The first-order valence-electron chi connectivity index (χ1n) is 5.90. The molecule has 0 saturated carbocycles. The topological polar surface area (TPSA) is 43.1 Å². The molecule has 0 bridgehead atoms. The van der Waals surface area contributed by atoms with Gasteiger partial charge in [-0.1, -0.05) is 49.8 Å². The molecule has 0 amide bonds. The molecule has 90 valence electrons. The summed E-state index contributed by atoms with van der Waals surface area (Å²) >= 11 is 0. The molecule has 0 spiro atoms. The zero-order valence-electron chi connectivity index (χ0n) is 10.1. The zero-order valence-corrected chi connectivity index (χ0v) is 10.1. The summed E-state index contributed by atoms with van der Waals surface area (Å²) in [4.78, 5) is 10.2. The molecule has 1 aromatic rings. The summed E-state index contributed by atoms with van der Waals surface area (Å²) in [5.74, 6) is 5.88. The van der Waals surface area contributed by atoms with E-state index in [1.54, 1.807) is 0 Å². The van der Waals surface area contributed by atoms with Crippen LogP contribution in [0.15, 0.2) is 30.3 Å². The molecule has 3 heteroatoms. The molecular weight excluding hydrogens is 214 g/mol. The Balaban J connectivity index is 2.65. The molecule has 0 fully saturated rings. The van der Waals surface area contributed by atoms with Gasteiger partial charge in [-0.05, 0) is 18.6 Å². The van der Waals surface area contributed by atoms with Crippen LogP contribution in [0.3, 0.4) is 0 Å². The van der Waals surface area contributed by atoms with Gasteiger partial charge in [0.1, 0.15) is 0 Å². The van der Waals surface area contributed by atoms with Gasteiger partial charge >= 0.3 is 0 Å². The van der Waals surface area contributed by atoms with Crippen molar-refractivity contribution in [2.75, 3.05) is 6.54 Å². The van der Waals surface area contributed by atoms with Crippen LogP contribution < -0.4 is 0 Å². The van der Waals surface area contributed by atoms with Crippen LogP contribution in [0.2, 0.25) is 0 Å². The van der Waals surface area contributed by atoms with Crippen LogP contribution in [0, 0.1) is 27.9 Å². The first-order chi connectivity index (χ1) is 8.22. The summed E-state index contributed by atoms with van der Waals surface area (Å²) in [6.45, 7) is 2.02. The maximum Gasteiger partial charge on any atom is 0.217 e. The SMILES string of the molecule is CCCCC(C#Cc1ccccc1)C[N+](=O)[O-]. The van der Waals surface area contributed by atoms with E-state index in [0.29, 0.717) is 0 Å². The molecular formula is C14H17NO2. The zero-order chi connectivity index (χ0) is 12.5. The van der Waals surface area contributed by atoms with E-state index in [2.05, 4.69) is 18.8 Å². The average Bonchev–Trinajstić information content (AvgIpc) is 2.33. The van der Waals surface area contributed by atoms with Gasteiger partial charge in [0.25, 0.3) is 0 Å². The molecule has 1 atom stereocenters. The van der Waals surface area contributed by atoms with Gasteiger partial charge in [-0.25, -0.2) is 0 Å². The molecule has 3 nitrogen and oxygen atoms in total. The van der Waals surface area contributed by atoms with Crippen molar-refractivity contribution in [2.45, 2.75) is 26.2 Å². The van der Waals surface area contributed by atoms with Crippen molar-refractivity contribution in [1.29, 1.82) is 0 Å². The van der Waals surface area contributed by atoms with Gasteiger partial charge < -0.3 is 0 Å². The van der Waals surface area contributed by atoms with Crippen LogP contribution in [0.25, 0.3) is 0 Å². The summed E-state index contributed by atoms with van der Waals surface area (Å²) in [6, 6.07) is 9.58. The third-order valence-corrected chi connectivity index (χ3v) is 2.47. The Labute approximate surface area is 102 Å². The second-order valence-electron chi connectivity index (χ2n) is 3.99. The third kappa shape index (κ3) is 5.72. The number of nitro groups is 1. The highest BCUT2D eigenvalue weighted by Crippen LogP contribution is 2.08. The minimum atomic E-state index is -0.278. The predicted molar refractivity (Wildman–Crippen MR) is 68.2 cm³/mol. The van der Waals surface area contributed by atoms with Gasteiger partial charge in [0, 0.05) is 10.5 Å². The molecule has 0 N–H and O–H groups in total. The highest BCUT2D eigenvalue weighted by Gasteiger charge is 2.11. The number of benzene rings is 1. The lowest BCUT2D eigenvalue weighted by atomic mass is 10.0. The fourth-order valence-electron chi connectivity index (χ4n) is 1.55. The van der Waals surface area contributed by atoms with Crippen molar-refractivity contribution in [2.24, 2.45) is 5.92 Å². The summed E-state index contributed by atoms with van der Waals surface area (Å²) in [5.41, 5.74) is 0.914. The number of rotatable bonds is 5. The maximum atomic E-state index is 10.5. The van der Waals surface area contributed by atoms with Crippen LogP contribution in [-0.2, 0) is 0 Å². The van der Waals surface area contributed by atoms with Gasteiger partial charge in [0.2, 0.25) is 6.54 Å². The summed E-state index contributed by atoms with van der Waals surface area (Å²) in [5, 5.41) is 10.5. The van der Waals surface area contributed by atoms with Gasteiger partial charge in [0.05, 0.1) is 5.92 Å². The van der Waals surface area contributed by atoms with E-state index in [-0.39, 0.29) is 17.4 Å². The molecule has 0 aliphatic heterocycles. The smallest absolute Gasteiger partial charge is 0.217 e. The van der Waals surface area contributed by atoms with Gasteiger partial charge in [-0.3, -0.25) is 10.1 Å². The van der Waals surface area contributed by atoms with E-state index >= 15 is 0 Å². The van der Waals surface area contributed by atoms with Crippen LogP contribution in [0.1, 0.15) is 31.7 Å². The Morgan fingerprint density at radius 3 is 2.65 bits per heavy atom. The molecule has 17 heavy (non-hydrogen) atoms. The highest BCUT2D eigenvalue weighted by molar-refractivity contribution is 5.34. The summed E-state index contributed by atoms with van der Waals surface area (Å²) < 4.78 is 0. The monoisotopic (exact) mass is 231 g/mol. The second-order valence-corrected chi connectivity index (χ2v) is 3.99. The molecule has 0 aliphatic rings. The molecule has 0 aliphatic carbocycles. The average molecular weight is 231 g/mol. The van der Waals surface area contributed by atoms with E-state index in [9.17, 15) is 10.1 Å². The van der Waals surface area contributed by atoms with Crippen molar-refractivity contribution in [3.63, 3.8) is 0 Å². The second kappa shape index (κ2) is 7.45. The van der Waals surface area contributed by atoms with Crippen LogP contribution in [0.4, 0.5) is 0 Å². The molecule has 0 radical (unpaired) electrons. The van der Waals surface area contributed by atoms with Gasteiger partial charge in [-0.15, -0.1) is 0 Å². The van der Waals surface area contributed by atoms with E-state index < -0.39 is 0 Å². The Morgan fingerprint density at radius 1 is 1.35 bits per heavy atom. The van der Waals surface area contributed by atoms with Gasteiger partial charge in [-0.2, -0.15) is 0 Å². The number of hydrogen-bond acceptors (Lipinski definition) is 2. The lowest BCUT2D eigenvalue weighted by Crippen LogP contribution is -2.12. The van der Waals surface area contributed by atoms with E-state index in [4.69, 9.17) is 0 Å². The predicted octanol–water partition coefficient (Wildman–Crippen LogP) is 3.12. The Hall–Kier alpha value is -1.82. The lowest BCUT2D eigenvalue weighted by Gasteiger charge is -2.03. The molecule has 0 heterocycles. The van der Waals surface area contributed by atoms with Crippen molar-refractivity contribution in [1.82, 2.24) is 0 Å². The standard InChI is InChI=1S/C14H17NO2/c1-2-3-7-14(12-15(16)17)11-10-13-8-5-4-6-9-13/h4-6,8-9,14H,2-3,7,12H2,1H3. The summed E-state index contributed by atoms with van der Waals surface area (Å²) in [6.07, 6.45) is 2.83. The van der Waals surface area contributed by atoms with Crippen LogP contribution in [0.5, 0.6) is 0 Å². The Bertz CT molecular complexity index is 403. The maximum absolute atomic E-state index is 10.5. The van der Waals surface area contributed by atoms with Crippen LogP contribution >= 0.6 is 0 Å². The Morgan fingerprint density at radius 2 is 2.06 bits per heavy atom. The molecule has 0 saturated heterocycles. The van der Waals surface area contributed by atoms with E-state index in [1.807, 2.05) is 30.3 Å². The quantitative estimate of drug-likeness (QED) is 0.444. The van der Waals surface area contributed by atoms with Crippen molar-refractivity contribution in [3.8, 4) is 11.8 Å². The van der Waals surface area contributed by atoms with E-state index in [0.717, 1.165) is 24.8 Å². The molecule has 1 unspecified atom stereocenters. The lowest BCUT2D eigenvalue weighted by molar-refractivity contribution is -0.485. The fourth-order valence-corrected chi connectivity index (χ4v) is 1.55. The molecule has 1 rings (SSSR count). The van der Waals surface area contributed by atoms with Crippen molar-refractivity contribution in [3.05, 3.63) is 46.0 Å². The number of hydrogen-bond donors (Lipinski definition) is 0. The Kier molecular flexibility index (Phi) is 5.81. The van der Waals surface area contributed by atoms with E-state index in [1.165, 1.54) is 0 Å². The first-order valence-corrected chi connectivity index (χ1v) is 5.90. The molecule has 1 aromatic carbocycles. The first kappa shape index (κ1) is 13.2. The minimum Gasteiger partial charge on any atom is -0.264 e. The highest BCUT2D eigenvalue weighted by atomic mass is 16.6. The van der Waals surface area contributed by atoms with Crippen LogP contribution in [-0.4, -0.2) is 11.5 Å². The minimum absolute atomic E-state index is 0.0557. The number of nitrogens with zero attached hydrogens (tertiary/aromatic N) is 1. The summed E-state index contributed by atoms with van der Waals surface area (Å²) in [7, 11) is 0. The van der Waals surface area contributed by atoms with Gasteiger partial charge in [0.15, 0.2) is 0 Å². The largest absolute Gasteiger partial charge is 0.264 e. The normalized spacial score (nSPS) is 11.4. The van der Waals surface area contributed by atoms with Crippen molar-refractivity contribution >= 4 is 0 Å². The fraction of sp³-hybridized carbons (Fsp3) is 0.429.